The van der Waals surface area contributed by atoms with Gasteiger partial charge in [-0.3, -0.25) is 4.98 Å². The Balaban J connectivity index is 2.48. The molecule has 0 amide bonds. The highest BCUT2D eigenvalue weighted by Gasteiger charge is 2.04. The lowest BCUT2D eigenvalue weighted by Crippen LogP contribution is -1.95. The smallest absolute Gasteiger partial charge is 0.0305 e. The summed E-state index contributed by atoms with van der Waals surface area (Å²) >= 11 is 0. The van der Waals surface area contributed by atoms with Crippen molar-refractivity contribution in [3.63, 3.8) is 0 Å². The van der Waals surface area contributed by atoms with Crippen LogP contribution in [0.4, 0.5) is 0 Å². The zero-order valence-corrected chi connectivity index (χ0v) is 8.75. The molecule has 1 aliphatic rings. The lowest BCUT2D eigenvalue weighted by molar-refractivity contribution is 0.924. The first-order valence-corrected chi connectivity index (χ1v) is 5.04. The Morgan fingerprint density at radius 2 is 2.00 bits per heavy atom. The molecule has 0 N–H and O–H groups in total. The third-order valence-electron chi connectivity index (χ3n) is 2.59. The fourth-order valence-corrected chi connectivity index (χ4v) is 1.87. The largest absolute Gasteiger partial charge is 0.264 e. The van der Waals surface area contributed by atoms with Crippen LogP contribution in [0.5, 0.6) is 0 Å². The van der Waals surface area contributed by atoms with Gasteiger partial charge in [0, 0.05) is 12.4 Å². The van der Waals surface area contributed by atoms with Gasteiger partial charge in [-0.15, -0.1) is 0 Å². The van der Waals surface area contributed by atoms with Crippen molar-refractivity contribution in [1.29, 1.82) is 0 Å². The summed E-state index contributed by atoms with van der Waals surface area (Å²) in [6.07, 6.45) is 10.6. The van der Waals surface area contributed by atoms with Crippen LogP contribution in [0.2, 0.25) is 0 Å². The van der Waals surface area contributed by atoms with Gasteiger partial charge in [-0.25, -0.2) is 0 Å². The zero-order chi connectivity index (χ0) is 9.97. The quantitative estimate of drug-likeness (QED) is 0.604. The summed E-state index contributed by atoms with van der Waals surface area (Å²) in [6.45, 7) is 4.34. The molecule has 2 rings (SSSR count). The van der Waals surface area contributed by atoms with Crippen LogP contribution < -0.4 is 0 Å². The lowest BCUT2D eigenvalue weighted by atomic mass is 9.97. The minimum absolute atomic E-state index is 1.11. The standard InChI is InChI=1S/C13H15N/c1-10-3-4-13-9-14-6-5-12(13)8-11(2)7-10/h5-9H,3-4H2,1-2H3/b10-7+,11-8-. The van der Waals surface area contributed by atoms with Crippen molar-refractivity contribution in [3.05, 3.63) is 46.8 Å². The summed E-state index contributed by atoms with van der Waals surface area (Å²) in [5, 5.41) is 0. The van der Waals surface area contributed by atoms with Gasteiger partial charge >= 0.3 is 0 Å². The van der Waals surface area contributed by atoms with E-state index in [4.69, 9.17) is 0 Å². The Labute approximate surface area is 85.2 Å². The van der Waals surface area contributed by atoms with Crippen molar-refractivity contribution in [2.45, 2.75) is 26.7 Å². The van der Waals surface area contributed by atoms with E-state index < -0.39 is 0 Å². The first-order valence-electron chi connectivity index (χ1n) is 5.04. The van der Waals surface area contributed by atoms with Gasteiger partial charge in [0.15, 0.2) is 0 Å². The highest BCUT2D eigenvalue weighted by atomic mass is 14.6. The van der Waals surface area contributed by atoms with Crippen molar-refractivity contribution in [2.75, 3.05) is 0 Å². The van der Waals surface area contributed by atoms with E-state index in [1.807, 2.05) is 12.4 Å². The number of rotatable bonds is 0. The number of hydrogen-bond acceptors (Lipinski definition) is 1. The van der Waals surface area contributed by atoms with Gasteiger partial charge in [0.2, 0.25) is 0 Å². The summed E-state index contributed by atoms with van der Waals surface area (Å²) in [4.78, 5) is 4.17. The molecule has 0 atom stereocenters. The van der Waals surface area contributed by atoms with Gasteiger partial charge in [-0.2, -0.15) is 0 Å². The van der Waals surface area contributed by atoms with E-state index in [1.54, 1.807) is 0 Å². The highest BCUT2D eigenvalue weighted by molar-refractivity contribution is 5.59. The highest BCUT2D eigenvalue weighted by Crippen LogP contribution is 2.20. The maximum absolute atomic E-state index is 4.17. The molecule has 1 aromatic rings. The second-order valence-electron chi connectivity index (χ2n) is 3.95. The third kappa shape index (κ3) is 1.92. The van der Waals surface area contributed by atoms with E-state index >= 15 is 0 Å². The lowest BCUT2D eigenvalue weighted by Gasteiger charge is -2.10. The molecule has 1 aliphatic carbocycles. The summed E-state index contributed by atoms with van der Waals surface area (Å²) in [6, 6.07) is 2.09. The van der Waals surface area contributed by atoms with E-state index in [0.29, 0.717) is 0 Å². The van der Waals surface area contributed by atoms with Crippen molar-refractivity contribution in [3.8, 4) is 0 Å². The first kappa shape index (κ1) is 9.20. The molecule has 0 spiro atoms. The molecule has 0 aromatic carbocycles. The Hall–Kier alpha value is -1.37. The van der Waals surface area contributed by atoms with Crippen molar-refractivity contribution >= 4 is 6.08 Å². The molecule has 1 aromatic heterocycles. The maximum Gasteiger partial charge on any atom is 0.0305 e. The van der Waals surface area contributed by atoms with Crippen molar-refractivity contribution in [1.82, 2.24) is 4.98 Å². The SMILES string of the molecule is CC1=C/c2ccncc2CC\C(C)=C\1. The second kappa shape index (κ2) is 3.79. The van der Waals surface area contributed by atoms with E-state index in [-0.39, 0.29) is 0 Å². The average molecular weight is 185 g/mol. The van der Waals surface area contributed by atoms with E-state index in [9.17, 15) is 0 Å². The molecule has 1 heterocycles. The monoisotopic (exact) mass is 185 g/mol. The maximum atomic E-state index is 4.17. The number of nitrogens with zero attached hydrogens (tertiary/aromatic N) is 1. The van der Waals surface area contributed by atoms with Crippen LogP contribution in [0.25, 0.3) is 6.08 Å². The molecule has 0 unspecified atom stereocenters. The number of hydrogen-bond donors (Lipinski definition) is 0. The summed E-state index contributed by atoms with van der Waals surface area (Å²) in [5.74, 6) is 0. The van der Waals surface area contributed by atoms with Gasteiger partial charge in [0.1, 0.15) is 0 Å². The van der Waals surface area contributed by atoms with E-state index in [2.05, 4.69) is 37.0 Å². The molecular formula is C13H15N. The number of aryl methyl sites for hydroxylation is 1. The van der Waals surface area contributed by atoms with Crippen LogP contribution in [0, 0.1) is 0 Å². The van der Waals surface area contributed by atoms with Crippen LogP contribution in [-0.2, 0) is 6.42 Å². The molecule has 0 fully saturated rings. The molecule has 0 radical (unpaired) electrons. The third-order valence-corrected chi connectivity index (χ3v) is 2.59. The topological polar surface area (TPSA) is 12.9 Å². The molecule has 72 valence electrons. The van der Waals surface area contributed by atoms with Crippen LogP contribution in [0.3, 0.4) is 0 Å². The van der Waals surface area contributed by atoms with Gasteiger partial charge in [0.25, 0.3) is 0 Å². The molecular weight excluding hydrogens is 170 g/mol. The van der Waals surface area contributed by atoms with Crippen LogP contribution in [-0.4, -0.2) is 4.98 Å². The van der Waals surface area contributed by atoms with Crippen LogP contribution in [0.15, 0.2) is 35.7 Å². The van der Waals surface area contributed by atoms with Gasteiger partial charge in [-0.1, -0.05) is 23.3 Å². The van der Waals surface area contributed by atoms with Gasteiger partial charge in [0.05, 0.1) is 0 Å². The predicted octanol–water partition coefficient (Wildman–Crippen LogP) is 3.38. The summed E-state index contributed by atoms with van der Waals surface area (Å²) < 4.78 is 0. The Bertz CT molecular complexity index is 399. The molecule has 0 aliphatic heterocycles. The zero-order valence-electron chi connectivity index (χ0n) is 8.75. The van der Waals surface area contributed by atoms with E-state index in [1.165, 1.54) is 22.3 Å². The van der Waals surface area contributed by atoms with Gasteiger partial charge < -0.3 is 0 Å². The molecule has 0 saturated carbocycles. The second-order valence-corrected chi connectivity index (χ2v) is 3.95. The fourth-order valence-electron chi connectivity index (χ4n) is 1.87. The minimum atomic E-state index is 1.11. The number of pyridine rings is 1. The fraction of sp³-hybridized carbons (Fsp3) is 0.308. The Morgan fingerprint density at radius 1 is 1.14 bits per heavy atom. The number of fused-ring (bicyclic) bond motifs is 1. The Morgan fingerprint density at radius 3 is 2.86 bits per heavy atom. The molecule has 14 heavy (non-hydrogen) atoms. The predicted molar refractivity (Wildman–Crippen MR) is 60.0 cm³/mol. The van der Waals surface area contributed by atoms with Crippen LogP contribution >= 0.6 is 0 Å². The molecule has 1 heteroatoms. The van der Waals surface area contributed by atoms with Crippen LogP contribution in [0.1, 0.15) is 31.4 Å². The summed E-state index contributed by atoms with van der Waals surface area (Å²) in [5.41, 5.74) is 5.46. The summed E-state index contributed by atoms with van der Waals surface area (Å²) in [7, 11) is 0. The Kier molecular flexibility index (Phi) is 2.49. The first-order chi connectivity index (χ1) is 6.75. The normalized spacial score (nSPS) is 23.6. The van der Waals surface area contributed by atoms with Gasteiger partial charge in [-0.05, 0) is 43.9 Å². The molecule has 0 bridgehead atoms. The molecule has 1 nitrogen and oxygen atoms in total. The van der Waals surface area contributed by atoms with E-state index in [0.717, 1.165) is 12.8 Å². The van der Waals surface area contributed by atoms with Crippen molar-refractivity contribution < 1.29 is 0 Å². The van der Waals surface area contributed by atoms with Crippen molar-refractivity contribution in [2.24, 2.45) is 0 Å². The minimum Gasteiger partial charge on any atom is -0.264 e. The molecule has 0 saturated heterocycles. The number of aromatic nitrogens is 1. The number of allylic oxidation sites excluding steroid dienone is 3. The average Bonchev–Trinajstić information content (AvgIpc) is 2.14.